The van der Waals surface area contributed by atoms with E-state index in [0.29, 0.717) is 5.69 Å². The molecular weight excluding hydrogens is 478 g/mol. The van der Waals surface area contributed by atoms with Crippen LogP contribution >= 0.6 is 0 Å². The summed E-state index contributed by atoms with van der Waals surface area (Å²) in [6, 6.07) is 3.89. The molecule has 0 aliphatic heterocycles. The van der Waals surface area contributed by atoms with Crippen molar-refractivity contribution in [3.8, 4) is 0 Å². The Hall–Kier alpha value is -3.30. The summed E-state index contributed by atoms with van der Waals surface area (Å²) in [4.78, 5) is 50.8. The summed E-state index contributed by atoms with van der Waals surface area (Å²) >= 11 is 0. The van der Waals surface area contributed by atoms with Gasteiger partial charge in [-0.2, -0.15) is 0 Å². The third kappa shape index (κ3) is 14.1. The first-order valence-electron chi connectivity index (χ1n) is 12.3. The molecule has 208 valence electrons. The molecule has 0 bridgehead atoms. The Balaban J connectivity index is 3.04. The van der Waals surface area contributed by atoms with Crippen molar-refractivity contribution >= 4 is 29.6 Å². The number of nitrogens with one attached hydrogen (secondary N) is 2. The molecule has 2 atom stereocenters. The number of carbonyl (C=O) groups is 4. The van der Waals surface area contributed by atoms with Gasteiger partial charge in [0.15, 0.2) is 0 Å². The first kappa shape index (κ1) is 31.7. The molecule has 1 rings (SSSR count). The average Bonchev–Trinajstić information content (AvgIpc) is 2.68. The predicted octanol–water partition coefficient (Wildman–Crippen LogP) is 3.65. The average molecular weight is 522 g/mol. The van der Waals surface area contributed by atoms with Crippen LogP contribution in [0.3, 0.4) is 0 Å². The SMILES string of the molecule is CC(C)(C)OC(=O)CCC(NC(=O)NC(Cc1ccc(N)cc1)C(=O)OC(C)(C)C)C(=O)OC(C)(C)C. The fourth-order valence-corrected chi connectivity index (χ4v) is 3.09. The third-order valence-electron chi connectivity index (χ3n) is 4.47. The van der Waals surface area contributed by atoms with Crippen molar-refractivity contribution in [1.82, 2.24) is 10.6 Å². The summed E-state index contributed by atoms with van der Waals surface area (Å²) in [6.07, 6.45) is -0.0354. The maximum atomic E-state index is 12.9. The molecule has 37 heavy (non-hydrogen) atoms. The van der Waals surface area contributed by atoms with Crippen LogP contribution in [0, 0.1) is 0 Å². The quantitative estimate of drug-likeness (QED) is 0.254. The molecule has 0 saturated carbocycles. The van der Waals surface area contributed by atoms with Gasteiger partial charge in [0.25, 0.3) is 0 Å². The molecule has 10 heteroatoms. The van der Waals surface area contributed by atoms with Crippen molar-refractivity contribution in [3.05, 3.63) is 29.8 Å². The highest BCUT2D eigenvalue weighted by Crippen LogP contribution is 2.15. The molecule has 0 spiro atoms. The molecule has 0 heterocycles. The van der Waals surface area contributed by atoms with Crippen molar-refractivity contribution in [2.24, 2.45) is 0 Å². The number of rotatable bonds is 9. The number of hydrogen-bond acceptors (Lipinski definition) is 8. The summed E-state index contributed by atoms with van der Waals surface area (Å²) in [6.45, 7) is 15.5. The molecule has 10 nitrogen and oxygen atoms in total. The number of benzene rings is 1. The molecule has 0 aromatic heterocycles. The zero-order chi connectivity index (χ0) is 28.6. The van der Waals surface area contributed by atoms with Crippen LogP contribution in [0.15, 0.2) is 24.3 Å². The maximum Gasteiger partial charge on any atom is 0.329 e. The lowest BCUT2D eigenvalue weighted by Gasteiger charge is -2.27. The van der Waals surface area contributed by atoms with Gasteiger partial charge in [-0.1, -0.05) is 12.1 Å². The predicted molar refractivity (Wildman–Crippen MR) is 141 cm³/mol. The number of carbonyl (C=O) groups excluding carboxylic acids is 4. The summed E-state index contributed by atoms with van der Waals surface area (Å²) in [7, 11) is 0. The lowest BCUT2D eigenvalue weighted by molar-refractivity contribution is -0.159. The van der Waals surface area contributed by atoms with Gasteiger partial charge in [0.2, 0.25) is 0 Å². The van der Waals surface area contributed by atoms with Gasteiger partial charge in [-0.15, -0.1) is 0 Å². The molecule has 2 amide bonds. The topological polar surface area (TPSA) is 146 Å². The summed E-state index contributed by atoms with van der Waals surface area (Å²) in [5.74, 6) is -1.86. The van der Waals surface area contributed by atoms with Gasteiger partial charge < -0.3 is 30.6 Å². The number of esters is 3. The molecule has 0 fully saturated rings. The molecule has 0 saturated heterocycles. The summed E-state index contributed by atoms with van der Waals surface area (Å²) in [5, 5.41) is 5.14. The van der Waals surface area contributed by atoms with E-state index in [0.717, 1.165) is 5.56 Å². The zero-order valence-electron chi connectivity index (χ0n) is 23.5. The number of amides is 2. The van der Waals surface area contributed by atoms with Crippen LogP contribution in [0.5, 0.6) is 0 Å². The first-order chi connectivity index (χ1) is 16.7. The fourth-order valence-electron chi connectivity index (χ4n) is 3.09. The van der Waals surface area contributed by atoms with Crippen molar-refractivity contribution in [2.75, 3.05) is 5.73 Å². The van der Waals surface area contributed by atoms with Crippen LogP contribution in [-0.4, -0.2) is 52.8 Å². The Labute approximate surface area is 220 Å². The summed E-state index contributed by atoms with van der Waals surface area (Å²) < 4.78 is 16.2. The fraction of sp³-hybridized carbons (Fsp3) is 0.630. The Kier molecular flexibility index (Phi) is 11.0. The van der Waals surface area contributed by atoms with Gasteiger partial charge in [0, 0.05) is 18.5 Å². The standard InChI is InChI=1S/C27H43N3O7/c1-25(2,3)35-21(31)15-14-19(22(32)36-26(4,5)6)29-24(34)30-20(23(33)37-27(7,8)9)16-17-10-12-18(28)13-11-17/h10-13,19-20H,14-16,28H2,1-9H3,(H2,29,30,34). The second-order valence-corrected chi connectivity index (χ2v) is 11.9. The van der Waals surface area contributed by atoms with E-state index in [1.807, 2.05) is 0 Å². The Morgan fingerprint density at radius 3 is 1.62 bits per heavy atom. The molecule has 1 aromatic rings. The smallest absolute Gasteiger partial charge is 0.329 e. The van der Waals surface area contributed by atoms with Gasteiger partial charge in [0.05, 0.1) is 0 Å². The molecule has 2 unspecified atom stereocenters. The number of ether oxygens (including phenoxy) is 3. The first-order valence-corrected chi connectivity index (χ1v) is 12.3. The number of nitrogen functional groups attached to an aromatic ring is 1. The van der Waals surface area contributed by atoms with E-state index in [2.05, 4.69) is 10.6 Å². The number of anilines is 1. The minimum atomic E-state index is -1.15. The van der Waals surface area contributed by atoms with E-state index in [4.69, 9.17) is 19.9 Å². The van der Waals surface area contributed by atoms with Crippen LogP contribution in [0.1, 0.15) is 80.7 Å². The Morgan fingerprint density at radius 2 is 1.16 bits per heavy atom. The zero-order valence-corrected chi connectivity index (χ0v) is 23.5. The third-order valence-corrected chi connectivity index (χ3v) is 4.47. The van der Waals surface area contributed by atoms with Gasteiger partial charge in [-0.3, -0.25) is 4.79 Å². The second kappa shape index (κ2) is 12.8. The monoisotopic (exact) mass is 521 g/mol. The van der Waals surface area contributed by atoms with E-state index in [-0.39, 0.29) is 19.3 Å². The van der Waals surface area contributed by atoms with Crippen LogP contribution in [0.4, 0.5) is 10.5 Å². The lowest BCUT2D eigenvalue weighted by atomic mass is 10.0. The van der Waals surface area contributed by atoms with Crippen molar-refractivity contribution in [2.45, 2.75) is 110 Å². The largest absolute Gasteiger partial charge is 0.460 e. The summed E-state index contributed by atoms with van der Waals surface area (Å²) in [5.41, 5.74) is 4.78. The normalized spacial score (nSPS) is 13.6. The van der Waals surface area contributed by atoms with Crippen molar-refractivity contribution < 1.29 is 33.4 Å². The molecule has 1 aromatic carbocycles. The highest BCUT2D eigenvalue weighted by atomic mass is 16.6. The number of nitrogens with two attached hydrogens (primary N) is 1. The van der Waals surface area contributed by atoms with E-state index >= 15 is 0 Å². The van der Waals surface area contributed by atoms with Crippen LogP contribution in [0.25, 0.3) is 0 Å². The van der Waals surface area contributed by atoms with Gasteiger partial charge in [0.1, 0.15) is 28.9 Å². The maximum absolute atomic E-state index is 12.9. The van der Waals surface area contributed by atoms with Crippen LogP contribution in [-0.2, 0) is 35.0 Å². The van der Waals surface area contributed by atoms with Crippen LogP contribution in [0.2, 0.25) is 0 Å². The minimum absolute atomic E-state index is 0.0493. The van der Waals surface area contributed by atoms with Crippen molar-refractivity contribution in [3.63, 3.8) is 0 Å². The molecule has 0 aliphatic rings. The van der Waals surface area contributed by atoms with Crippen LogP contribution < -0.4 is 16.4 Å². The van der Waals surface area contributed by atoms with E-state index in [1.54, 1.807) is 86.6 Å². The van der Waals surface area contributed by atoms with Gasteiger partial charge in [-0.25, -0.2) is 14.4 Å². The molecule has 0 radical (unpaired) electrons. The Morgan fingerprint density at radius 1 is 0.730 bits per heavy atom. The van der Waals surface area contributed by atoms with E-state index < -0.39 is 52.8 Å². The molecular formula is C27H43N3O7. The van der Waals surface area contributed by atoms with E-state index in [9.17, 15) is 19.2 Å². The van der Waals surface area contributed by atoms with E-state index in [1.165, 1.54) is 0 Å². The van der Waals surface area contributed by atoms with Gasteiger partial charge >= 0.3 is 23.9 Å². The minimum Gasteiger partial charge on any atom is -0.460 e. The molecule has 4 N–H and O–H groups in total. The van der Waals surface area contributed by atoms with Crippen molar-refractivity contribution in [1.29, 1.82) is 0 Å². The number of urea groups is 1. The highest BCUT2D eigenvalue weighted by Gasteiger charge is 2.31. The number of hydrogen-bond donors (Lipinski definition) is 3. The Bertz CT molecular complexity index is 939. The second-order valence-electron chi connectivity index (χ2n) is 11.9. The molecule has 0 aliphatic carbocycles. The highest BCUT2D eigenvalue weighted by molar-refractivity contribution is 5.87. The van der Waals surface area contributed by atoms with Gasteiger partial charge in [-0.05, 0) is 86.4 Å². The lowest BCUT2D eigenvalue weighted by Crippen LogP contribution is -2.53.